The molecule has 96 heavy (non-hydrogen) atoms. The van der Waals surface area contributed by atoms with Crippen molar-refractivity contribution < 1.29 is 14.0 Å². The molecule has 0 aromatic carbocycles. The Morgan fingerprint density at radius 2 is 0.792 bits per heavy atom. The molecule has 0 saturated carbocycles. The number of aromatic nitrogens is 1. The standard InChI is InChI=1S/C92H167N2O2/c1-8-13-17-21-25-29-33-37-41-45-49-53-57-61-65-69-74-88(75-70-66-62-58-54-50-46-42-38-34-30-26-22-18-14-9-2)82-90(12-5)87(6)83-94-80-73-76-89(85-94)84-93(7)81-77-91-86-95-92(96-91,78-71-67-63-59-55-51-47-43-39-35-31-27-23-19-15-10-3)79-72-68-64-60-56-52-48-44-40-36-32-28-24-20-16-11-4/h25,27-29,31-32,37,39-41,43-44,73,76,80,85,87-88,90-91H,8-24,26,30,33-36,38,42,45-72,74-75,77-79,81-84,86H2,1-7H3/q+1. The van der Waals surface area contributed by atoms with Gasteiger partial charge in [-0.2, -0.15) is 0 Å². The van der Waals surface area contributed by atoms with Crippen LogP contribution in [0.1, 0.15) is 426 Å². The van der Waals surface area contributed by atoms with Crippen molar-refractivity contribution in [3.63, 3.8) is 0 Å². The highest BCUT2D eigenvalue weighted by Crippen LogP contribution is 2.36. The van der Waals surface area contributed by atoms with Crippen LogP contribution < -0.4 is 4.57 Å². The van der Waals surface area contributed by atoms with E-state index >= 15 is 0 Å². The summed E-state index contributed by atoms with van der Waals surface area (Å²) < 4.78 is 16.4. The van der Waals surface area contributed by atoms with Crippen LogP contribution in [0.2, 0.25) is 0 Å². The summed E-state index contributed by atoms with van der Waals surface area (Å²) in [4.78, 5) is 2.53. The molecule has 556 valence electrons. The number of hydrogen-bond donors (Lipinski definition) is 0. The third kappa shape index (κ3) is 56.1. The lowest BCUT2D eigenvalue weighted by Gasteiger charge is -2.29. The molecule has 4 nitrogen and oxygen atoms in total. The van der Waals surface area contributed by atoms with E-state index in [9.17, 15) is 0 Å². The molecule has 4 atom stereocenters. The largest absolute Gasteiger partial charge is 0.347 e. The lowest BCUT2D eigenvalue weighted by atomic mass is 9.79. The van der Waals surface area contributed by atoms with Crippen molar-refractivity contribution in [2.45, 2.75) is 445 Å². The zero-order chi connectivity index (χ0) is 68.8. The second kappa shape index (κ2) is 69.6. The van der Waals surface area contributed by atoms with Gasteiger partial charge < -0.3 is 14.4 Å². The van der Waals surface area contributed by atoms with Crippen molar-refractivity contribution in [1.29, 1.82) is 0 Å². The molecule has 4 heteroatoms. The van der Waals surface area contributed by atoms with Gasteiger partial charge in [-0.3, -0.25) is 0 Å². The fourth-order valence-corrected chi connectivity index (χ4v) is 14.9. The Labute approximate surface area is 601 Å². The van der Waals surface area contributed by atoms with E-state index in [1.54, 1.807) is 0 Å². The van der Waals surface area contributed by atoms with E-state index in [1.807, 2.05) is 0 Å². The first-order valence-corrected chi connectivity index (χ1v) is 43.3. The van der Waals surface area contributed by atoms with Crippen LogP contribution in [0.5, 0.6) is 0 Å². The number of rotatable bonds is 73. The molecular weight excluding hydrogens is 1170 g/mol. The molecule has 0 bridgehead atoms. The summed E-state index contributed by atoms with van der Waals surface area (Å²) in [5.41, 5.74) is 1.42. The number of ether oxygens (including phenoxy) is 2. The Kier molecular flexibility index (Phi) is 64.9. The third-order valence-corrected chi connectivity index (χ3v) is 21.4. The van der Waals surface area contributed by atoms with Crippen LogP contribution >= 0.6 is 0 Å². The van der Waals surface area contributed by atoms with Gasteiger partial charge in [-0.05, 0) is 147 Å². The topological polar surface area (TPSA) is 25.6 Å². The summed E-state index contributed by atoms with van der Waals surface area (Å²) in [5, 5.41) is 0. The monoisotopic (exact) mass is 1330 g/mol. The van der Waals surface area contributed by atoms with E-state index in [4.69, 9.17) is 9.47 Å². The molecule has 1 aromatic heterocycles. The molecule has 0 amide bonds. The summed E-state index contributed by atoms with van der Waals surface area (Å²) in [7, 11) is 2.32. The predicted molar refractivity (Wildman–Crippen MR) is 428 cm³/mol. The average Bonchev–Trinajstić information content (AvgIpc) is 2.35. The molecule has 1 aliphatic rings. The van der Waals surface area contributed by atoms with Gasteiger partial charge in [0.05, 0.1) is 12.7 Å². The minimum absolute atomic E-state index is 0.183. The zero-order valence-corrected chi connectivity index (χ0v) is 65.8. The normalized spacial score (nSPS) is 16.5. The van der Waals surface area contributed by atoms with Crippen LogP contribution in [0.15, 0.2) is 97.4 Å². The Balaban J connectivity index is 1.89. The van der Waals surface area contributed by atoms with Crippen LogP contribution in [-0.4, -0.2) is 37.0 Å². The molecule has 1 aromatic rings. The van der Waals surface area contributed by atoms with Crippen molar-refractivity contribution >= 4 is 0 Å². The fourth-order valence-electron chi connectivity index (χ4n) is 14.9. The second-order valence-corrected chi connectivity index (χ2v) is 30.8. The van der Waals surface area contributed by atoms with E-state index < -0.39 is 0 Å². The lowest BCUT2D eigenvalue weighted by molar-refractivity contribution is -0.704. The Morgan fingerprint density at radius 3 is 1.18 bits per heavy atom. The molecule has 0 aliphatic carbocycles. The highest BCUT2D eigenvalue weighted by atomic mass is 16.7. The van der Waals surface area contributed by atoms with Gasteiger partial charge in [-0.15, -0.1) is 0 Å². The van der Waals surface area contributed by atoms with Gasteiger partial charge in [-0.25, -0.2) is 4.57 Å². The number of nitrogens with zero attached hydrogens (tertiary/aromatic N) is 2. The molecular formula is C92H167N2O2+. The molecule has 0 N–H and O–H groups in total. The number of hydrogen-bond acceptors (Lipinski definition) is 3. The van der Waals surface area contributed by atoms with Crippen LogP contribution in [0.3, 0.4) is 0 Å². The zero-order valence-electron chi connectivity index (χ0n) is 65.8. The quantitative estimate of drug-likeness (QED) is 0.0369. The van der Waals surface area contributed by atoms with Gasteiger partial charge in [-0.1, -0.05) is 358 Å². The van der Waals surface area contributed by atoms with Gasteiger partial charge in [0.25, 0.3) is 0 Å². The Bertz CT molecular complexity index is 1900. The van der Waals surface area contributed by atoms with Crippen molar-refractivity contribution in [2.75, 3.05) is 20.2 Å². The smallest absolute Gasteiger partial charge is 0.173 e. The Hall–Kier alpha value is -2.53. The summed E-state index contributed by atoms with van der Waals surface area (Å²) in [6, 6.07) is 4.67. The van der Waals surface area contributed by atoms with Gasteiger partial charge in [0.1, 0.15) is 0 Å². The third-order valence-electron chi connectivity index (χ3n) is 21.4. The summed E-state index contributed by atoms with van der Waals surface area (Å²) in [6.07, 6.45) is 112. The average molecular weight is 1330 g/mol. The van der Waals surface area contributed by atoms with Crippen LogP contribution in [0.4, 0.5) is 0 Å². The van der Waals surface area contributed by atoms with E-state index in [-0.39, 0.29) is 11.9 Å². The van der Waals surface area contributed by atoms with Gasteiger partial charge in [0.2, 0.25) is 0 Å². The molecule has 4 unspecified atom stereocenters. The molecule has 1 aliphatic heterocycles. The SMILES string of the molecule is CCCCCC=CCC=CCCCCCCCCC(CCCCCCCCCCCCCCCCCC)CC(CC)C(C)C[n+]1cccc(CN(C)CCC2COC(CCCCCCCCC=CCC=CCCCCC)(CCCCCCCCC=CCC=CCCCCC)O2)c1. The Morgan fingerprint density at radius 1 is 0.448 bits per heavy atom. The minimum Gasteiger partial charge on any atom is -0.347 e. The van der Waals surface area contributed by atoms with Gasteiger partial charge in [0, 0.05) is 43.5 Å². The maximum absolute atomic E-state index is 7.08. The first-order valence-electron chi connectivity index (χ1n) is 43.3. The van der Waals surface area contributed by atoms with E-state index in [0.29, 0.717) is 5.92 Å². The number of pyridine rings is 1. The molecule has 2 heterocycles. The molecule has 1 saturated heterocycles. The summed E-state index contributed by atoms with van der Waals surface area (Å²) in [6.45, 7) is 18.1. The number of allylic oxidation sites excluding steroid dienone is 12. The van der Waals surface area contributed by atoms with Crippen molar-refractivity contribution in [3.8, 4) is 0 Å². The molecule has 0 spiro atoms. The summed E-state index contributed by atoms with van der Waals surface area (Å²) in [5.74, 6) is 1.94. The van der Waals surface area contributed by atoms with Gasteiger partial charge >= 0.3 is 0 Å². The maximum Gasteiger partial charge on any atom is 0.173 e. The molecule has 0 radical (unpaired) electrons. The highest BCUT2D eigenvalue weighted by Gasteiger charge is 2.40. The van der Waals surface area contributed by atoms with Crippen LogP contribution in [-0.2, 0) is 22.6 Å². The maximum atomic E-state index is 7.08. The van der Waals surface area contributed by atoms with Crippen LogP contribution in [0, 0.1) is 17.8 Å². The van der Waals surface area contributed by atoms with Crippen molar-refractivity contribution in [1.82, 2.24) is 4.90 Å². The lowest BCUT2D eigenvalue weighted by Crippen LogP contribution is -2.39. The van der Waals surface area contributed by atoms with E-state index in [1.165, 1.54) is 346 Å². The first-order chi connectivity index (χ1) is 47.4. The number of unbranched alkanes of at least 4 members (excludes halogenated alkanes) is 42. The molecule has 2 rings (SSSR count). The van der Waals surface area contributed by atoms with Crippen molar-refractivity contribution in [2.24, 2.45) is 17.8 Å². The summed E-state index contributed by atoms with van der Waals surface area (Å²) >= 11 is 0. The van der Waals surface area contributed by atoms with Crippen molar-refractivity contribution in [3.05, 3.63) is 103 Å². The fraction of sp³-hybridized carbons (Fsp3) is 0.815. The minimum atomic E-state index is -0.389. The predicted octanol–water partition coefficient (Wildman–Crippen LogP) is 29.8. The highest BCUT2D eigenvalue weighted by molar-refractivity contribution is 5.05. The second-order valence-electron chi connectivity index (χ2n) is 30.8. The van der Waals surface area contributed by atoms with Gasteiger partial charge in [0.15, 0.2) is 24.7 Å². The van der Waals surface area contributed by atoms with E-state index in [0.717, 1.165) is 76.6 Å². The first kappa shape index (κ1) is 89.6. The molecule has 1 fully saturated rings. The van der Waals surface area contributed by atoms with E-state index in [2.05, 4.69) is 155 Å². The van der Waals surface area contributed by atoms with Crippen LogP contribution in [0.25, 0.3) is 0 Å².